The lowest BCUT2D eigenvalue weighted by atomic mass is 9.81. The summed E-state index contributed by atoms with van der Waals surface area (Å²) in [5.41, 5.74) is 0. The van der Waals surface area contributed by atoms with Gasteiger partial charge in [0.25, 0.3) is 0 Å². The number of nitrogens with zero attached hydrogens (tertiary/aromatic N) is 1. The van der Waals surface area contributed by atoms with Crippen molar-refractivity contribution in [2.24, 2.45) is 11.8 Å². The fraction of sp³-hybridized carbons (Fsp3) is 1.00. The second-order valence-corrected chi connectivity index (χ2v) is 4.73. The summed E-state index contributed by atoms with van der Waals surface area (Å²) in [7, 11) is 0. The first-order chi connectivity index (χ1) is 6.33. The van der Waals surface area contributed by atoms with Crippen molar-refractivity contribution in [3.63, 3.8) is 0 Å². The molecule has 74 valence electrons. The number of rotatable bonds is 0. The van der Waals surface area contributed by atoms with Crippen LogP contribution < -0.4 is 0 Å². The molecule has 0 aromatic heterocycles. The standard InChI is InChI=1S/C10H17NO2/c12-9-3-1-8-6-11-5-7(9)2-4-10(8)13-11/h7-10,12H,1-6H2. The van der Waals surface area contributed by atoms with Crippen molar-refractivity contribution in [3.05, 3.63) is 0 Å². The summed E-state index contributed by atoms with van der Waals surface area (Å²) in [4.78, 5) is 5.81. The van der Waals surface area contributed by atoms with Gasteiger partial charge in [-0.3, -0.25) is 4.84 Å². The molecule has 5 atom stereocenters. The van der Waals surface area contributed by atoms with Gasteiger partial charge in [-0.05, 0) is 31.6 Å². The van der Waals surface area contributed by atoms with E-state index in [1.165, 1.54) is 0 Å². The molecule has 4 bridgehead atoms. The van der Waals surface area contributed by atoms with Gasteiger partial charge in [0.15, 0.2) is 0 Å². The average molecular weight is 183 g/mol. The molecule has 5 unspecified atom stereocenters. The van der Waals surface area contributed by atoms with E-state index in [0.717, 1.165) is 38.8 Å². The Labute approximate surface area is 78.6 Å². The minimum Gasteiger partial charge on any atom is -0.393 e. The van der Waals surface area contributed by atoms with Gasteiger partial charge >= 0.3 is 0 Å². The SMILES string of the molecule is OC1CCC2CN3CC1CCC2O3. The van der Waals surface area contributed by atoms with E-state index in [9.17, 15) is 5.11 Å². The summed E-state index contributed by atoms with van der Waals surface area (Å²) < 4.78 is 0. The topological polar surface area (TPSA) is 32.7 Å². The molecule has 3 heterocycles. The molecule has 1 saturated carbocycles. The third-order valence-electron chi connectivity index (χ3n) is 3.89. The fourth-order valence-electron chi connectivity index (χ4n) is 3.05. The number of hydrogen-bond donors (Lipinski definition) is 1. The minimum atomic E-state index is -0.0760. The van der Waals surface area contributed by atoms with Crippen LogP contribution in [0.2, 0.25) is 0 Å². The van der Waals surface area contributed by atoms with Crippen molar-refractivity contribution in [3.8, 4) is 0 Å². The molecule has 0 radical (unpaired) electrons. The van der Waals surface area contributed by atoms with Crippen LogP contribution in [0.3, 0.4) is 0 Å². The van der Waals surface area contributed by atoms with Crippen LogP contribution in [0.1, 0.15) is 25.7 Å². The van der Waals surface area contributed by atoms with Gasteiger partial charge in [0.1, 0.15) is 0 Å². The Hall–Kier alpha value is -0.120. The predicted octanol–water partition coefficient (Wildman–Crippen LogP) is 0.783. The van der Waals surface area contributed by atoms with Crippen LogP contribution in [0.4, 0.5) is 0 Å². The summed E-state index contributed by atoms with van der Waals surface area (Å²) in [6.45, 7) is 2.06. The lowest BCUT2D eigenvalue weighted by Gasteiger charge is -2.30. The largest absolute Gasteiger partial charge is 0.393 e. The van der Waals surface area contributed by atoms with Gasteiger partial charge in [-0.2, -0.15) is 5.06 Å². The molecule has 4 aliphatic rings. The molecule has 13 heavy (non-hydrogen) atoms. The number of hydrogen-bond acceptors (Lipinski definition) is 3. The summed E-state index contributed by atoms with van der Waals surface area (Å²) in [6, 6.07) is 0. The highest BCUT2D eigenvalue weighted by Gasteiger charge is 2.42. The van der Waals surface area contributed by atoms with Crippen LogP contribution >= 0.6 is 0 Å². The molecule has 0 aromatic rings. The lowest BCUT2D eigenvalue weighted by Crippen LogP contribution is -2.36. The number of hydroxylamine groups is 2. The molecule has 4 fully saturated rings. The van der Waals surface area contributed by atoms with Gasteiger partial charge in [-0.15, -0.1) is 0 Å². The van der Waals surface area contributed by atoms with Crippen LogP contribution in [0.25, 0.3) is 0 Å². The second kappa shape index (κ2) is 2.94. The van der Waals surface area contributed by atoms with E-state index in [-0.39, 0.29) is 6.10 Å². The van der Waals surface area contributed by atoms with Crippen molar-refractivity contribution in [1.82, 2.24) is 5.06 Å². The van der Waals surface area contributed by atoms with Crippen molar-refractivity contribution in [2.75, 3.05) is 13.1 Å². The highest BCUT2D eigenvalue weighted by Crippen LogP contribution is 2.38. The van der Waals surface area contributed by atoms with Crippen LogP contribution in [-0.4, -0.2) is 35.5 Å². The number of aliphatic hydroxyl groups excluding tert-OH is 1. The Kier molecular flexibility index (Phi) is 1.86. The van der Waals surface area contributed by atoms with E-state index in [4.69, 9.17) is 4.84 Å². The Morgan fingerprint density at radius 1 is 1.00 bits per heavy atom. The van der Waals surface area contributed by atoms with Crippen molar-refractivity contribution < 1.29 is 9.94 Å². The Bertz CT molecular complexity index is 207. The molecular formula is C10H17NO2. The quantitative estimate of drug-likeness (QED) is 0.602. The molecule has 0 spiro atoms. The van der Waals surface area contributed by atoms with E-state index in [2.05, 4.69) is 5.06 Å². The normalized spacial score (nSPS) is 54.7. The molecule has 0 amide bonds. The second-order valence-electron chi connectivity index (χ2n) is 4.73. The number of aliphatic hydroxyl groups is 1. The van der Waals surface area contributed by atoms with Crippen LogP contribution in [-0.2, 0) is 4.84 Å². The molecule has 3 nitrogen and oxygen atoms in total. The Morgan fingerprint density at radius 3 is 2.69 bits per heavy atom. The monoisotopic (exact) mass is 183 g/mol. The molecule has 0 aromatic carbocycles. The van der Waals surface area contributed by atoms with Crippen molar-refractivity contribution in [2.45, 2.75) is 37.9 Å². The predicted molar refractivity (Wildman–Crippen MR) is 47.9 cm³/mol. The molecule has 3 saturated heterocycles. The average Bonchev–Trinajstić information content (AvgIpc) is 2.32. The maximum atomic E-state index is 9.88. The summed E-state index contributed by atoms with van der Waals surface area (Å²) in [6.07, 6.45) is 4.84. The van der Waals surface area contributed by atoms with E-state index in [1.54, 1.807) is 0 Å². The van der Waals surface area contributed by atoms with Gasteiger partial charge in [-0.1, -0.05) is 0 Å². The third kappa shape index (κ3) is 1.30. The van der Waals surface area contributed by atoms with Gasteiger partial charge in [0.05, 0.1) is 12.2 Å². The molecule has 4 rings (SSSR count). The summed E-state index contributed by atoms with van der Waals surface area (Å²) in [5, 5.41) is 12.0. The smallest absolute Gasteiger partial charge is 0.0834 e. The zero-order valence-corrected chi connectivity index (χ0v) is 7.85. The Morgan fingerprint density at radius 2 is 1.77 bits per heavy atom. The molecule has 3 heteroatoms. The molecule has 1 N–H and O–H groups in total. The van der Waals surface area contributed by atoms with Crippen LogP contribution in [0.15, 0.2) is 0 Å². The highest BCUT2D eigenvalue weighted by molar-refractivity contribution is 4.89. The minimum absolute atomic E-state index is 0.0760. The first-order valence-corrected chi connectivity index (χ1v) is 5.43. The van der Waals surface area contributed by atoms with Gasteiger partial charge in [-0.25, -0.2) is 0 Å². The van der Waals surface area contributed by atoms with E-state index in [1.807, 2.05) is 0 Å². The highest BCUT2D eigenvalue weighted by atomic mass is 16.7. The van der Waals surface area contributed by atoms with E-state index < -0.39 is 0 Å². The van der Waals surface area contributed by atoms with Gasteiger partial charge in [0, 0.05) is 19.0 Å². The van der Waals surface area contributed by atoms with E-state index >= 15 is 0 Å². The maximum Gasteiger partial charge on any atom is 0.0834 e. The molecule has 1 aliphatic carbocycles. The fourth-order valence-corrected chi connectivity index (χ4v) is 3.05. The van der Waals surface area contributed by atoms with E-state index in [0.29, 0.717) is 17.9 Å². The first kappa shape index (κ1) is 8.21. The van der Waals surface area contributed by atoms with Crippen LogP contribution in [0, 0.1) is 11.8 Å². The molecule has 3 aliphatic heterocycles. The molecular weight excluding hydrogens is 166 g/mol. The third-order valence-corrected chi connectivity index (χ3v) is 3.89. The van der Waals surface area contributed by atoms with Gasteiger partial charge < -0.3 is 5.11 Å². The summed E-state index contributed by atoms with van der Waals surface area (Å²) in [5.74, 6) is 1.15. The zero-order chi connectivity index (χ0) is 8.84. The van der Waals surface area contributed by atoms with Gasteiger partial charge in [0.2, 0.25) is 0 Å². The van der Waals surface area contributed by atoms with Crippen molar-refractivity contribution >= 4 is 0 Å². The summed E-state index contributed by atoms with van der Waals surface area (Å²) >= 11 is 0. The number of fused-ring (bicyclic) bond motifs is 3. The zero-order valence-electron chi connectivity index (χ0n) is 7.85. The lowest BCUT2D eigenvalue weighted by molar-refractivity contribution is -0.144. The first-order valence-electron chi connectivity index (χ1n) is 5.43. The van der Waals surface area contributed by atoms with Crippen molar-refractivity contribution in [1.29, 1.82) is 0 Å². The Balaban J connectivity index is 1.87. The van der Waals surface area contributed by atoms with Crippen LogP contribution in [0.5, 0.6) is 0 Å². The maximum absolute atomic E-state index is 9.88.